The average molecular weight is 294 g/mol. The van der Waals surface area contributed by atoms with Crippen LogP contribution in [-0.4, -0.2) is 0 Å². The molecule has 0 unspecified atom stereocenters. The number of hydrogen-bond donors (Lipinski definition) is 1. The first-order valence-electron chi connectivity index (χ1n) is 6.34. The van der Waals surface area contributed by atoms with Gasteiger partial charge in [0.2, 0.25) is 0 Å². The summed E-state index contributed by atoms with van der Waals surface area (Å²) in [4.78, 5) is 0. The van der Waals surface area contributed by atoms with Crippen LogP contribution >= 0.6 is 23.2 Å². The second-order valence-corrected chi connectivity index (χ2v) is 5.70. The van der Waals surface area contributed by atoms with E-state index in [9.17, 15) is 0 Å². The highest BCUT2D eigenvalue weighted by atomic mass is 35.5. The molecule has 2 rings (SSSR count). The minimum atomic E-state index is 0.534. The van der Waals surface area contributed by atoms with Crippen molar-refractivity contribution >= 4 is 28.9 Å². The van der Waals surface area contributed by atoms with E-state index in [4.69, 9.17) is 23.2 Å². The first-order valence-corrected chi connectivity index (χ1v) is 7.09. The molecule has 3 heteroatoms. The maximum absolute atomic E-state index is 6.00. The van der Waals surface area contributed by atoms with E-state index in [1.807, 2.05) is 18.2 Å². The first kappa shape index (κ1) is 14.2. The molecule has 100 valence electrons. The van der Waals surface area contributed by atoms with Crippen molar-refractivity contribution in [1.29, 1.82) is 0 Å². The van der Waals surface area contributed by atoms with Crippen LogP contribution in [0.25, 0.3) is 0 Å². The zero-order valence-electron chi connectivity index (χ0n) is 11.1. The zero-order chi connectivity index (χ0) is 13.8. The summed E-state index contributed by atoms with van der Waals surface area (Å²) < 4.78 is 0. The molecule has 0 radical (unpaired) electrons. The number of rotatable bonds is 4. The molecule has 0 atom stereocenters. The quantitative estimate of drug-likeness (QED) is 0.759. The third kappa shape index (κ3) is 3.89. The molecule has 0 aromatic heterocycles. The van der Waals surface area contributed by atoms with Gasteiger partial charge in [-0.3, -0.25) is 0 Å². The van der Waals surface area contributed by atoms with E-state index in [-0.39, 0.29) is 0 Å². The topological polar surface area (TPSA) is 12.0 Å². The number of halogens is 2. The number of nitrogens with one attached hydrogen (secondary N) is 1. The lowest BCUT2D eigenvalue weighted by molar-refractivity contribution is 0.866. The van der Waals surface area contributed by atoms with Gasteiger partial charge in [0.1, 0.15) is 0 Å². The van der Waals surface area contributed by atoms with E-state index < -0.39 is 0 Å². The smallest absolute Gasteiger partial charge is 0.0595 e. The second-order valence-electron chi connectivity index (χ2n) is 4.88. The van der Waals surface area contributed by atoms with E-state index in [1.165, 1.54) is 5.56 Å². The lowest BCUT2D eigenvalue weighted by atomic mass is 10.0. The van der Waals surface area contributed by atoms with Gasteiger partial charge >= 0.3 is 0 Å². The highest BCUT2D eigenvalue weighted by molar-refractivity contribution is 6.42. The van der Waals surface area contributed by atoms with Gasteiger partial charge in [0.05, 0.1) is 10.0 Å². The first-order chi connectivity index (χ1) is 9.06. The molecule has 2 aromatic carbocycles. The lowest BCUT2D eigenvalue weighted by Crippen LogP contribution is -2.00. The molecule has 1 N–H and O–H groups in total. The van der Waals surface area contributed by atoms with Crippen molar-refractivity contribution in [2.24, 2.45) is 0 Å². The molecule has 0 bridgehead atoms. The van der Waals surface area contributed by atoms with Crippen LogP contribution in [0.15, 0.2) is 42.5 Å². The number of anilines is 1. The van der Waals surface area contributed by atoms with Crippen LogP contribution < -0.4 is 5.32 Å². The molecule has 0 spiro atoms. The third-order valence-corrected chi connectivity index (χ3v) is 3.77. The van der Waals surface area contributed by atoms with E-state index >= 15 is 0 Å². The molecule has 0 aliphatic carbocycles. The van der Waals surface area contributed by atoms with Crippen molar-refractivity contribution in [2.45, 2.75) is 26.3 Å². The van der Waals surface area contributed by atoms with Crippen LogP contribution in [0, 0.1) is 0 Å². The van der Waals surface area contributed by atoms with Crippen molar-refractivity contribution in [1.82, 2.24) is 0 Å². The Balaban J connectivity index is 2.05. The Morgan fingerprint density at radius 1 is 1.00 bits per heavy atom. The third-order valence-electron chi connectivity index (χ3n) is 3.03. The summed E-state index contributed by atoms with van der Waals surface area (Å²) in [5.74, 6) is 0.534. The average Bonchev–Trinajstić information content (AvgIpc) is 2.40. The van der Waals surface area contributed by atoms with Crippen molar-refractivity contribution < 1.29 is 0 Å². The summed E-state index contributed by atoms with van der Waals surface area (Å²) in [5, 5.41) is 4.59. The van der Waals surface area contributed by atoms with Gasteiger partial charge in [0.25, 0.3) is 0 Å². The predicted octanol–water partition coefficient (Wildman–Crippen LogP) is 5.73. The van der Waals surface area contributed by atoms with Gasteiger partial charge < -0.3 is 5.32 Å². The zero-order valence-corrected chi connectivity index (χ0v) is 12.6. The standard InChI is InChI=1S/C16H17Cl2N/c1-11(2)13-4-3-5-14(9-13)19-10-12-6-7-15(17)16(18)8-12/h3-9,11,19H,10H2,1-2H3. The van der Waals surface area contributed by atoms with Gasteiger partial charge in [-0.1, -0.05) is 55.2 Å². The van der Waals surface area contributed by atoms with E-state index in [1.54, 1.807) is 0 Å². The van der Waals surface area contributed by atoms with Crippen LogP contribution in [0.2, 0.25) is 10.0 Å². The van der Waals surface area contributed by atoms with Crippen molar-refractivity contribution in [3.8, 4) is 0 Å². The predicted molar refractivity (Wildman–Crippen MR) is 84.3 cm³/mol. The van der Waals surface area contributed by atoms with Crippen LogP contribution in [-0.2, 0) is 6.54 Å². The highest BCUT2D eigenvalue weighted by Gasteiger charge is 2.02. The number of benzene rings is 2. The van der Waals surface area contributed by atoms with E-state index in [0.717, 1.165) is 17.8 Å². The van der Waals surface area contributed by atoms with Gasteiger partial charge in [-0.25, -0.2) is 0 Å². The molecule has 0 amide bonds. The maximum Gasteiger partial charge on any atom is 0.0595 e. The Morgan fingerprint density at radius 2 is 1.79 bits per heavy atom. The summed E-state index contributed by atoms with van der Waals surface area (Å²) in [6.45, 7) is 5.12. The monoisotopic (exact) mass is 293 g/mol. The minimum absolute atomic E-state index is 0.534. The Hall–Kier alpha value is -1.18. The van der Waals surface area contributed by atoms with Gasteiger partial charge in [-0.2, -0.15) is 0 Å². The molecule has 0 saturated carbocycles. The Kier molecular flexibility index (Phi) is 4.73. The molecule has 2 aromatic rings. The molecule has 19 heavy (non-hydrogen) atoms. The molecule has 0 aliphatic rings. The van der Waals surface area contributed by atoms with Crippen LogP contribution in [0.1, 0.15) is 30.9 Å². The summed E-state index contributed by atoms with van der Waals surface area (Å²) in [5.41, 5.74) is 3.57. The van der Waals surface area contributed by atoms with Crippen molar-refractivity contribution in [3.63, 3.8) is 0 Å². The summed E-state index contributed by atoms with van der Waals surface area (Å²) in [6, 6.07) is 14.2. The number of hydrogen-bond acceptors (Lipinski definition) is 1. The summed E-state index contributed by atoms with van der Waals surface area (Å²) in [6.07, 6.45) is 0. The van der Waals surface area contributed by atoms with Gasteiger partial charge in [0.15, 0.2) is 0 Å². The maximum atomic E-state index is 6.00. The molecule has 0 aliphatic heterocycles. The second kappa shape index (κ2) is 6.31. The Labute approximate surface area is 124 Å². The molecule has 1 nitrogen and oxygen atoms in total. The van der Waals surface area contributed by atoms with Crippen LogP contribution in [0.3, 0.4) is 0 Å². The van der Waals surface area contributed by atoms with E-state index in [2.05, 4.69) is 43.4 Å². The molecule has 0 saturated heterocycles. The Bertz CT molecular complexity index is 564. The van der Waals surface area contributed by atoms with Crippen molar-refractivity contribution in [2.75, 3.05) is 5.32 Å². The normalized spacial score (nSPS) is 10.8. The fourth-order valence-corrected chi connectivity index (χ4v) is 2.18. The van der Waals surface area contributed by atoms with E-state index in [0.29, 0.717) is 16.0 Å². The fraction of sp³-hybridized carbons (Fsp3) is 0.250. The van der Waals surface area contributed by atoms with Gasteiger partial charge in [-0.05, 0) is 41.3 Å². The van der Waals surface area contributed by atoms with Crippen molar-refractivity contribution in [3.05, 3.63) is 63.6 Å². The fourth-order valence-electron chi connectivity index (χ4n) is 1.86. The van der Waals surface area contributed by atoms with Crippen LogP contribution in [0.5, 0.6) is 0 Å². The molecule has 0 fully saturated rings. The highest BCUT2D eigenvalue weighted by Crippen LogP contribution is 2.23. The molecular formula is C16H17Cl2N. The largest absolute Gasteiger partial charge is 0.381 e. The lowest BCUT2D eigenvalue weighted by Gasteiger charge is -2.11. The summed E-state index contributed by atoms with van der Waals surface area (Å²) >= 11 is 11.9. The Morgan fingerprint density at radius 3 is 2.47 bits per heavy atom. The van der Waals surface area contributed by atoms with Crippen LogP contribution in [0.4, 0.5) is 5.69 Å². The molecular weight excluding hydrogens is 277 g/mol. The van der Waals surface area contributed by atoms with Gasteiger partial charge in [-0.15, -0.1) is 0 Å². The van der Waals surface area contributed by atoms with Gasteiger partial charge in [0, 0.05) is 12.2 Å². The summed E-state index contributed by atoms with van der Waals surface area (Å²) in [7, 11) is 0. The minimum Gasteiger partial charge on any atom is -0.381 e. The SMILES string of the molecule is CC(C)c1cccc(NCc2ccc(Cl)c(Cl)c2)c1. The molecule has 0 heterocycles.